The highest BCUT2D eigenvalue weighted by Gasteiger charge is 2.37. The molecule has 0 amide bonds. The summed E-state index contributed by atoms with van der Waals surface area (Å²) in [4.78, 5) is 0. The van der Waals surface area contributed by atoms with E-state index in [2.05, 4.69) is 13.8 Å². The van der Waals surface area contributed by atoms with Gasteiger partial charge in [-0.05, 0) is 12.8 Å². The summed E-state index contributed by atoms with van der Waals surface area (Å²) in [6.07, 6.45) is 5.31. The molecule has 0 N–H and O–H groups in total. The third-order valence-electron chi connectivity index (χ3n) is 1.97. The zero-order valence-electron chi connectivity index (χ0n) is 7.51. The van der Waals surface area contributed by atoms with Gasteiger partial charge in [-0.3, -0.25) is 0 Å². The van der Waals surface area contributed by atoms with Crippen LogP contribution in [0.15, 0.2) is 0 Å². The van der Waals surface area contributed by atoms with Gasteiger partial charge in [0.1, 0.15) is 6.10 Å². The summed E-state index contributed by atoms with van der Waals surface area (Å²) in [7, 11) is 0. The Morgan fingerprint density at radius 1 is 1.27 bits per heavy atom. The van der Waals surface area contributed by atoms with Crippen molar-refractivity contribution in [1.29, 1.82) is 0 Å². The van der Waals surface area contributed by atoms with E-state index in [1.54, 1.807) is 0 Å². The number of unbranched alkanes of at least 4 members (excludes halogenated alkanes) is 2. The van der Waals surface area contributed by atoms with Gasteiger partial charge in [-0.25, -0.2) is 0 Å². The van der Waals surface area contributed by atoms with Crippen LogP contribution in [-0.2, 0) is 9.47 Å². The molecule has 1 aliphatic rings. The SMILES string of the molecule is CCCCCOC1OC1CC. The van der Waals surface area contributed by atoms with Crippen LogP contribution in [0.5, 0.6) is 0 Å². The predicted molar refractivity (Wildman–Crippen MR) is 44.4 cm³/mol. The van der Waals surface area contributed by atoms with E-state index in [1.165, 1.54) is 19.3 Å². The van der Waals surface area contributed by atoms with Gasteiger partial charge in [0.05, 0.1) is 0 Å². The van der Waals surface area contributed by atoms with Gasteiger partial charge in [0.2, 0.25) is 0 Å². The van der Waals surface area contributed by atoms with Crippen LogP contribution in [0.2, 0.25) is 0 Å². The van der Waals surface area contributed by atoms with Gasteiger partial charge < -0.3 is 9.47 Å². The van der Waals surface area contributed by atoms with E-state index >= 15 is 0 Å². The van der Waals surface area contributed by atoms with E-state index in [9.17, 15) is 0 Å². The maximum atomic E-state index is 5.44. The molecule has 0 aromatic carbocycles. The second-order valence-electron chi connectivity index (χ2n) is 3.03. The number of ether oxygens (including phenoxy) is 2. The summed E-state index contributed by atoms with van der Waals surface area (Å²) in [6, 6.07) is 0. The average molecular weight is 158 g/mol. The normalized spacial score (nSPS) is 28.9. The van der Waals surface area contributed by atoms with E-state index in [-0.39, 0.29) is 6.29 Å². The van der Waals surface area contributed by atoms with E-state index in [0.717, 1.165) is 13.0 Å². The van der Waals surface area contributed by atoms with Gasteiger partial charge >= 0.3 is 0 Å². The van der Waals surface area contributed by atoms with Gasteiger partial charge in [-0.1, -0.05) is 26.7 Å². The van der Waals surface area contributed by atoms with Crippen LogP contribution in [0, 0.1) is 0 Å². The molecule has 1 saturated heterocycles. The molecule has 0 aromatic rings. The molecule has 2 nitrogen and oxygen atoms in total. The summed E-state index contributed by atoms with van der Waals surface area (Å²) >= 11 is 0. The zero-order valence-corrected chi connectivity index (χ0v) is 7.51. The van der Waals surface area contributed by atoms with Crippen LogP contribution in [-0.4, -0.2) is 19.0 Å². The molecule has 0 radical (unpaired) electrons. The Bertz CT molecular complexity index is 104. The molecule has 0 bridgehead atoms. The number of hydrogen-bond acceptors (Lipinski definition) is 2. The number of hydrogen-bond donors (Lipinski definition) is 0. The van der Waals surface area contributed by atoms with Crippen molar-refractivity contribution in [2.24, 2.45) is 0 Å². The lowest BCUT2D eigenvalue weighted by Crippen LogP contribution is -2.00. The minimum absolute atomic E-state index is 0.136. The van der Waals surface area contributed by atoms with E-state index in [1.807, 2.05) is 0 Å². The number of rotatable bonds is 6. The Hall–Kier alpha value is -0.0800. The highest BCUT2D eigenvalue weighted by molar-refractivity contribution is 4.74. The molecular formula is C9H18O2. The van der Waals surface area contributed by atoms with Crippen molar-refractivity contribution >= 4 is 0 Å². The molecule has 11 heavy (non-hydrogen) atoms. The first-order valence-electron chi connectivity index (χ1n) is 4.65. The van der Waals surface area contributed by atoms with Crippen LogP contribution >= 0.6 is 0 Å². The van der Waals surface area contributed by atoms with Crippen LogP contribution in [0.1, 0.15) is 39.5 Å². The summed E-state index contributed by atoms with van der Waals surface area (Å²) in [5.41, 5.74) is 0. The molecule has 2 heteroatoms. The molecule has 0 saturated carbocycles. The van der Waals surface area contributed by atoms with Crippen LogP contribution in [0.3, 0.4) is 0 Å². The highest BCUT2D eigenvalue weighted by atomic mass is 16.8. The molecule has 0 spiro atoms. The van der Waals surface area contributed by atoms with Gasteiger partial charge in [-0.15, -0.1) is 0 Å². The largest absolute Gasteiger partial charge is 0.350 e. The smallest absolute Gasteiger partial charge is 0.184 e. The van der Waals surface area contributed by atoms with Crippen molar-refractivity contribution < 1.29 is 9.47 Å². The van der Waals surface area contributed by atoms with Crippen molar-refractivity contribution in [3.63, 3.8) is 0 Å². The summed E-state index contributed by atoms with van der Waals surface area (Å²) in [5.74, 6) is 0. The fourth-order valence-corrected chi connectivity index (χ4v) is 1.11. The zero-order chi connectivity index (χ0) is 8.10. The van der Waals surface area contributed by atoms with Crippen molar-refractivity contribution in [2.45, 2.75) is 51.9 Å². The molecule has 1 heterocycles. The first kappa shape index (κ1) is 9.01. The molecule has 0 aromatic heterocycles. The fraction of sp³-hybridized carbons (Fsp3) is 1.00. The van der Waals surface area contributed by atoms with Crippen molar-refractivity contribution in [3.05, 3.63) is 0 Å². The van der Waals surface area contributed by atoms with Crippen LogP contribution in [0.25, 0.3) is 0 Å². The predicted octanol–water partition coefficient (Wildman–Crippen LogP) is 2.33. The highest BCUT2D eigenvalue weighted by Crippen LogP contribution is 2.25. The Kier molecular flexibility index (Phi) is 3.87. The molecule has 1 fully saturated rings. The summed E-state index contributed by atoms with van der Waals surface area (Å²) < 4.78 is 10.7. The van der Waals surface area contributed by atoms with Crippen LogP contribution < -0.4 is 0 Å². The second-order valence-corrected chi connectivity index (χ2v) is 3.03. The molecular weight excluding hydrogens is 140 g/mol. The van der Waals surface area contributed by atoms with Crippen LogP contribution in [0.4, 0.5) is 0 Å². The monoisotopic (exact) mass is 158 g/mol. The first-order chi connectivity index (χ1) is 5.38. The maximum Gasteiger partial charge on any atom is 0.184 e. The minimum atomic E-state index is 0.136. The molecule has 0 aliphatic carbocycles. The molecule has 2 unspecified atom stereocenters. The fourth-order valence-electron chi connectivity index (χ4n) is 1.11. The lowest BCUT2D eigenvalue weighted by molar-refractivity contribution is 0.0480. The minimum Gasteiger partial charge on any atom is -0.350 e. The number of epoxide rings is 1. The molecule has 1 rings (SSSR count). The topological polar surface area (TPSA) is 21.8 Å². The third kappa shape index (κ3) is 3.21. The Morgan fingerprint density at radius 3 is 2.64 bits per heavy atom. The Labute approximate surface area is 68.9 Å². The van der Waals surface area contributed by atoms with E-state index < -0.39 is 0 Å². The lowest BCUT2D eigenvalue weighted by atomic mass is 10.3. The lowest BCUT2D eigenvalue weighted by Gasteiger charge is -1.97. The third-order valence-corrected chi connectivity index (χ3v) is 1.97. The van der Waals surface area contributed by atoms with Gasteiger partial charge in [0, 0.05) is 6.61 Å². The molecule has 66 valence electrons. The van der Waals surface area contributed by atoms with Gasteiger partial charge in [0.25, 0.3) is 0 Å². The van der Waals surface area contributed by atoms with Crippen molar-refractivity contribution in [1.82, 2.24) is 0 Å². The molecule has 1 aliphatic heterocycles. The van der Waals surface area contributed by atoms with Gasteiger partial charge in [0.15, 0.2) is 6.29 Å². The summed E-state index contributed by atoms with van der Waals surface area (Å²) in [5, 5.41) is 0. The second kappa shape index (κ2) is 4.73. The summed E-state index contributed by atoms with van der Waals surface area (Å²) in [6.45, 7) is 5.19. The first-order valence-corrected chi connectivity index (χ1v) is 4.65. The average Bonchev–Trinajstić information content (AvgIpc) is 2.77. The van der Waals surface area contributed by atoms with Gasteiger partial charge in [-0.2, -0.15) is 0 Å². The Morgan fingerprint density at radius 2 is 2.09 bits per heavy atom. The quantitative estimate of drug-likeness (QED) is 0.437. The van der Waals surface area contributed by atoms with E-state index in [0.29, 0.717) is 6.10 Å². The standard InChI is InChI=1S/C9H18O2/c1-3-5-6-7-10-9-8(4-2)11-9/h8-9H,3-7H2,1-2H3. The van der Waals surface area contributed by atoms with E-state index in [4.69, 9.17) is 9.47 Å². The van der Waals surface area contributed by atoms with Crippen molar-refractivity contribution in [3.8, 4) is 0 Å². The molecule has 2 atom stereocenters. The maximum absolute atomic E-state index is 5.44. The van der Waals surface area contributed by atoms with Crippen molar-refractivity contribution in [2.75, 3.05) is 6.61 Å². The Balaban J connectivity index is 1.82.